The maximum Gasteiger partial charge on any atom is 0.433 e. The number of nitrogens with zero attached hydrogens (tertiary/aromatic N) is 2. The molecule has 1 N–H and O–H groups in total. The smallest absolute Gasteiger partial charge is 0.395 e. The third kappa shape index (κ3) is 3.22. The van der Waals surface area contributed by atoms with Crippen molar-refractivity contribution in [1.82, 2.24) is 4.98 Å². The predicted octanol–water partition coefficient (Wildman–Crippen LogP) is 5.66. The summed E-state index contributed by atoms with van der Waals surface area (Å²) in [6.45, 7) is 0. The topological polar surface area (TPSA) is 98.3 Å². The van der Waals surface area contributed by atoms with Gasteiger partial charge in [0, 0.05) is 10.4 Å². The van der Waals surface area contributed by atoms with Gasteiger partial charge in [-0.15, -0.1) is 22.7 Å². The minimum atomic E-state index is -0.660. The zero-order valence-corrected chi connectivity index (χ0v) is 16.8. The van der Waals surface area contributed by atoms with Crippen LogP contribution < -0.4 is 5.32 Å². The number of carbonyl (C=O) groups excluding carboxylic acids is 1. The van der Waals surface area contributed by atoms with Crippen molar-refractivity contribution >= 4 is 49.7 Å². The quantitative estimate of drug-likeness (QED) is 0.336. The summed E-state index contributed by atoms with van der Waals surface area (Å²) in [6, 6.07) is 10.5. The number of thiophene rings is 1. The van der Waals surface area contributed by atoms with Crippen LogP contribution >= 0.6 is 22.7 Å². The Morgan fingerprint density at radius 2 is 1.97 bits per heavy atom. The first-order valence-corrected chi connectivity index (χ1v) is 10.8. The van der Waals surface area contributed by atoms with Gasteiger partial charge in [-0.25, -0.2) is 4.98 Å². The summed E-state index contributed by atoms with van der Waals surface area (Å²) in [6.07, 6.45) is 4.18. The van der Waals surface area contributed by atoms with Crippen LogP contribution in [-0.4, -0.2) is 15.8 Å². The van der Waals surface area contributed by atoms with Gasteiger partial charge in [0.1, 0.15) is 14.9 Å². The van der Waals surface area contributed by atoms with Crippen molar-refractivity contribution < 1.29 is 14.1 Å². The molecule has 1 aromatic carbocycles. The summed E-state index contributed by atoms with van der Waals surface area (Å²) in [4.78, 5) is 28.9. The standard InChI is InChI=1S/C20H15N3O4S2/c24-18(13-9-10-16(27-13)23(25)26)22-20-17(11-5-1-3-7-14(11)28-20)19-21-12-6-2-4-8-15(12)29-19/h2,4,6,8-10H,1,3,5,7H2,(H,22,24). The summed E-state index contributed by atoms with van der Waals surface area (Å²) in [5.41, 5.74) is 3.16. The molecule has 0 unspecified atom stereocenters. The number of hydrogen-bond donors (Lipinski definition) is 1. The third-order valence-electron chi connectivity index (χ3n) is 4.90. The number of carbonyl (C=O) groups is 1. The third-order valence-corrected chi connectivity index (χ3v) is 7.16. The zero-order chi connectivity index (χ0) is 20.0. The number of benzene rings is 1. The number of para-hydroxylation sites is 1. The maximum absolute atomic E-state index is 12.7. The first-order chi connectivity index (χ1) is 14.1. The molecule has 4 aromatic rings. The monoisotopic (exact) mass is 425 g/mol. The Labute approximate surface area is 173 Å². The lowest BCUT2D eigenvalue weighted by molar-refractivity contribution is -0.402. The average molecular weight is 425 g/mol. The van der Waals surface area contributed by atoms with Gasteiger partial charge in [-0.2, -0.15) is 0 Å². The number of furan rings is 1. The molecule has 1 aliphatic carbocycles. The van der Waals surface area contributed by atoms with Crippen LogP contribution in [0, 0.1) is 10.1 Å². The Morgan fingerprint density at radius 3 is 2.76 bits per heavy atom. The van der Waals surface area contributed by atoms with Gasteiger partial charge in [0.2, 0.25) is 0 Å². The molecule has 0 aliphatic heterocycles. The number of rotatable bonds is 4. The molecule has 7 nitrogen and oxygen atoms in total. The molecular formula is C20H15N3O4S2. The van der Waals surface area contributed by atoms with Crippen LogP contribution in [0.5, 0.6) is 0 Å². The van der Waals surface area contributed by atoms with Crippen LogP contribution in [0.15, 0.2) is 40.8 Å². The normalized spacial score (nSPS) is 13.4. The molecule has 3 aromatic heterocycles. The van der Waals surface area contributed by atoms with Gasteiger partial charge in [-0.3, -0.25) is 14.9 Å². The average Bonchev–Trinajstić information content (AvgIpc) is 3.43. The van der Waals surface area contributed by atoms with Crippen molar-refractivity contribution in [3.8, 4) is 10.6 Å². The first-order valence-electron chi connectivity index (χ1n) is 9.16. The number of fused-ring (bicyclic) bond motifs is 2. The number of aromatic nitrogens is 1. The van der Waals surface area contributed by atoms with Crippen LogP contribution in [0.1, 0.15) is 33.8 Å². The fraction of sp³-hybridized carbons (Fsp3) is 0.200. The molecule has 9 heteroatoms. The Morgan fingerprint density at radius 1 is 1.14 bits per heavy atom. The number of nitrogens with one attached hydrogen (secondary N) is 1. The number of thiazole rings is 1. The number of anilines is 1. The second kappa shape index (κ2) is 7.09. The lowest BCUT2D eigenvalue weighted by atomic mass is 9.96. The molecule has 1 aliphatic rings. The lowest BCUT2D eigenvalue weighted by Crippen LogP contribution is -2.10. The molecule has 0 atom stereocenters. The summed E-state index contributed by atoms with van der Waals surface area (Å²) in [7, 11) is 0. The fourth-order valence-corrected chi connectivity index (χ4v) is 5.97. The molecule has 0 radical (unpaired) electrons. The molecule has 1 amide bonds. The van der Waals surface area contributed by atoms with Gasteiger partial charge in [0.15, 0.2) is 5.76 Å². The molecule has 0 fully saturated rings. The van der Waals surface area contributed by atoms with Crippen molar-refractivity contribution in [2.45, 2.75) is 25.7 Å². The van der Waals surface area contributed by atoms with Gasteiger partial charge in [-0.05, 0) is 49.4 Å². The van der Waals surface area contributed by atoms with Gasteiger partial charge >= 0.3 is 5.88 Å². The Bertz CT molecular complexity index is 1220. The van der Waals surface area contributed by atoms with E-state index in [1.165, 1.54) is 22.6 Å². The molecule has 5 rings (SSSR count). The van der Waals surface area contributed by atoms with E-state index in [2.05, 4.69) is 5.32 Å². The van der Waals surface area contributed by atoms with E-state index in [-0.39, 0.29) is 5.76 Å². The van der Waals surface area contributed by atoms with Gasteiger partial charge < -0.3 is 9.73 Å². The van der Waals surface area contributed by atoms with Crippen LogP contribution in [0.2, 0.25) is 0 Å². The lowest BCUT2D eigenvalue weighted by Gasteiger charge is -2.11. The highest BCUT2D eigenvalue weighted by Gasteiger charge is 2.26. The Kier molecular flexibility index (Phi) is 4.40. The highest BCUT2D eigenvalue weighted by atomic mass is 32.1. The number of amides is 1. The predicted molar refractivity (Wildman–Crippen MR) is 113 cm³/mol. The van der Waals surface area contributed by atoms with E-state index in [4.69, 9.17) is 9.40 Å². The second-order valence-electron chi connectivity index (χ2n) is 6.75. The highest BCUT2D eigenvalue weighted by molar-refractivity contribution is 7.22. The molecule has 146 valence electrons. The number of hydrogen-bond acceptors (Lipinski definition) is 7. The van der Waals surface area contributed by atoms with Crippen molar-refractivity contribution in [3.05, 3.63) is 62.7 Å². The number of aryl methyl sites for hydroxylation is 1. The van der Waals surface area contributed by atoms with E-state index in [9.17, 15) is 14.9 Å². The summed E-state index contributed by atoms with van der Waals surface area (Å²) in [5.74, 6) is -1.04. The number of nitro groups is 1. The molecule has 0 saturated carbocycles. The van der Waals surface area contributed by atoms with E-state index in [0.29, 0.717) is 0 Å². The molecule has 0 saturated heterocycles. The van der Waals surface area contributed by atoms with E-state index in [0.717, 1.165) is 51.5 Å². The van der Waals surface area contributed by atoms with E-state index >= 15 is 0 Å². The SMILES string of the molecule is O=C(Nc1sc2c(c1-c1nc3ccccc3s1)CCCC2)c1ccc([N+](=O)[O-])o1. The van der Waals surface area contributed by atoms with Gasteiger partial charge in [-0.1, -0.05) is 12.1 Å². The highest BCUT2D eigenvalue weighted by Crippen LogP contribution is 2.46. The molecule has 29 heavy (non-hydrogen) atoms. The van der Waals surface area contributed by atoms with Gasteiger partial charge in [0.25, 0.3) is 5.91 Å². The van der Waals surface area contributed by atoms with Crippen molar-refractivity contribution in [1.29, 1.82) is 0 Å². The molecule has 3 heterocycles. The Balaban J connectivity index is 1.56. The van der Waals surface area contributed by atoms with Crippen LogP contribution in [-0.2, 0) is 12.8 Å². The minimum absolute atomic E-state index is 0.0849. The van der Waals surface area contributed by atoms with E-state index in [1.807, 2.05) is 24.3 Å². The summed E-state index contributed by atoms with van der Waals surface area (Å²) in [5, 5.41) is 15.3. The van der Waals surface area contributed by atoms with Crippen LogP contribution in [0.3, 0.4) is 0 Å². The summed E-state index contributed by atoms with van der Waals surface area (Å²) < 4.78 is 6.15. The Hall–Kier alpha value is -3.04. The first kappa shape index (κ1) is 18.0. The molecule has 0 bridgehead atoms. The van der Waals surface area contributed by atoms with Crippen molar-refractivity contribution in [2.24, 2.45) is 0 Å². The van der Waals surface area contributed by atoms with Crippen LogP contribution in [0.25, 0.3) is 20.8 Å². The maximum atomic E-state index is 12.7. The van der Waals surface area contributed by atoms with Crippen molar-refractivity contribution in [2.75, 3.05) is 5.32 Å². The zero-order valence-electron chi connectivity index (χ0n) is 15.1. The second-order valence-corrected chi connectivity index (χ2v) is 8.89. The van der Waals surface area contributed by atoms with Crippen molar-refractivity contribution in [3.63, 3.8) is 0 Å². The van der Waals surface area contributed by atoms with Crippen LogP contribution in [0.4, 0.5) is 10.9 Å². The summed E-state index contributed by atoms with van der Waals surface area (Å²) >= 11 is 3.17. The largest absolute Gasteiger partial charge is 0.433 e. The van der Waals surface area contributed by atoms with Gasteiger partial charge in [0.05, 0.1) is 16.3 Å². The van der Waals surface area contributed by atoms with E-state index in [1.54, 1.807) is 22.7 Å². The molecular weight excluding hydrogens is 410 g/mol. The van der Waals surface area contributed by atoms with E-state index < -0.39 is 16.7 Å². The molecule has 0 spiro atoms. The minimum Gasteiger partial charge on any atom is -0.395 e. The fourth-order valence-electron chi connectivity index (χ4n) is 3.57.